The van der Waals surface area contributed by atoms with Crippen molar-refractivity contribution in [2.24, 2.45) is 0 Å². The van der Waals surface area contributed by atoms with Crippen LogP contribution in [0.2, 0.25) is 0 Å². The Labute approximate surface area is 190 Å². The molecule has 0 heterocycles. The fraction of sp³-hybridized carbons (Fsp3) is 0.500. The SMILES string of the molecule is O=C([O-])CC(O)(CC(=O)[O-])C(=O)[O-].[Cl][Co][Cl].[Na+].[Na+].[Na+]. The van der Waals surface area contributed by atoms with Crippen LogP contribution in [-0.4, -0.2) is 28.6 Å². The van der Waals surface area contributed by atoms with Crippen LogP contribution in [0.1, 0.15) is 12.8 Å². The molecule has 0 spiro atoms. The third kappa shape index (κ3) is 20.5. The van der Waals surface area contributed by atoms with Gasteiger partial charge in [0.1, 0.15) is 5.60 Å². The van der Waals surface area contributed by atoms with Crippen LogP contribution in [0.4, 0.5) is 0 Å². The van der Waals surface area contributed by atoms with E-state index in [1.165, 1.54) is 0 Å². The summed E-state index contributed by atoms with van der Waals surface area (Å²) in [5.41, 5.74) is -2.97. The number of carbonyl (C=O) groups is 3. The number of aliphatic hydroxyl groups is 1. The fourth-order valence-electron chi connectivity index (χ4n) is 0.684. The first kappa shape index (κ1) is 33.2. The van der Waals surface area contributed by atoms with Gasteiger partial charge in [-0.25, -0.2) is 0 Å². The van der Waals surface area contributed by atoms with Gasteiger partial charge in [-0.05, 0) is 0 Å². The van der Waals surface area contributed by atoms with Crippen molar-refractivity contribution in [1.82, 2.24) is 0 Å². The molecule has 0 unspecified atom stereocenters. The first-order chi connectivity index (χ1) is 7.19. The van der Waals surface area contributed by atoms with Crippen molar-refractivity contribution in [1.29, 1.82) is 0 Å². The minimum atomic E-state index is -2.97. The van der Waals surface area contributed by atoms with Gasteiger partial charge in [0.05, 0.1) is 5.97 Å². The molecule has 13 heteroatoms. The minimum Gasteiger partial charge on any atom is 1.00 e. The second-order valence-electron chi connectivity index (χ2n) is 2.46. The molecule has 0 radical (unpaired) electrons. The number of halogens is 2. The van der Waals surface area contributed by atoms with Crippen LogP contribution >= 0.6 is 20.3 Å². The summed E-state index contributed by atoms with van der Waals surface area (Å²) in [5.74, 6) is -5.98. The van der Waals surface area contributed by atoms with E-state index in [2.05, 4.69) is 0 Å². The van der Waals surface area contributed by atoms with Crippen molar-refractivity contribution < 1.29 is 136 Å². The maximum Gasteiger partial charge on any atom is 1.00 e. The van der Waals surface area contributed by atoms with E-state index in [1.54, 1.807) is 0 Å². The molecule has 0 bridgehead atoms. The number of hydrogen-bond acceptors (Lipinski definition) is 7. The first-order valence-electron chi connectivity index (χ1n) is 3.36. The van der Waals surface area contributed by atoms with Gasteiger partial charge in [-0.3, -0.25) is 0 Å². The van der Waals surface area contributed by atoms with Crippen LogP contribution in [0.25, 0.3) is 0 Å². The number of carbonyl (C=O) groups excluding carboxylic acids is 3. The number of aliphatic carboxylic acids is 3. The van der Waals surface area contributed by atoms with Crippen molar-refractivity contribution in [2.45, 2.75) is 18.4 Å². The van der Waals surface area contributed by atoms with Gasteiger partial charge in [0.25, 0.3) is 0 Å². The van der Waals surface area contributed by atoms with Crippen LogP contribution in [0.15, 0.2) is 0 Å². The standard InChI is InChI=1S/C6H8O7.2ClH.Co.3Na/c7-3(8)1-6(13,5(11)12)2-4(9)10;;;;;;/h13H,1-2H2,(H,7,8)(H,9,10)(H,11,12);2*1H;;;;/q;;;+2;3*+1/p-5. The van der Waals surface area contributed by atoms with E-state index >= 15 is 0 Å². The Morgan fingerprint density at radius 1 is 0.947 bits per heavy atom. The van der Waals surface area contributed by atoms with Gasteiger partial charge in [0.2, 0.25) is 0 Å². The summed E-state index contributed by atoms with van der Waals surface area (Å²) < 4.78 is 0. The Hall–Kier alpha value is 2.46. The van der Waals surface area contributed by atoms with Crippen molar-refractivity contribution >= 4 is 38.2 Å². The molecule has 0 aliphatic carbocycles. The molecule has 7 nitrogen and oxygen atoms in total. The zero-order valence-electron chi connectivity index (χ0n) is 10.4. The predicted molar refractivity (Wildman–Crippen MR) is 40.9 cm³/mol. The van der Waals surface area contributed by atoms with Crippen molar-refractivity contribution in [2.75, 3.05) is 0 Å². The third-order valence-electron chi connectivity index (χ3n) is 1.25. The molecule has 19 heavy (non-hydrogen) atoms. The predicted octanol–water partition coefficient (Wildman–Crippen LogP) is -12.9. The summed E-state index contributed by atoms with van der Waals surface area (Å²) in [4.78, 5) is 30.0. The molecule has 0 amide bonds. The molecule has 0 saturated heterocycles. The molecule has 1 N–H and O–H groups in total. The van der Waals surface area contributed by atoms with Gasteiger partial charge in [0, 0.05) is 24.8 Å². The summed E-state index contributed by atoms with van der Waals surface area (Å²) in [7, 11) is 9.47. The zero-order valence-corrected chi connectivity index (χ0v) is 19.0. The average molecular weight is 388 g/mol. The molecular formula is C6H5Cl2CoNa3O7. The Balaban J connectivity index is -0.0000000992. The molecule has 0 aromatic carbocycles. The second-order valence-corrected chi connectivity index (χ2v) is 4.18. The van der Waals surface area contributed by atoms with Crippen molar-refractivity contribution in [3.05, 3.63) is 0 Å². The molecule has 0 saturated carbocycles. The molecule has 0 rings (SSSR count). The van der Waals surface area contributed by atoms with Crippen LogP contribution < -0.4 is 104 Å². The molecule has 0 aromatic heterocycles. The van der Waals surface area contributed by atoms with Gasteiger partial charge in [-0.15, -0.1) is 0 Å². The third-order valence-corrected chi connectivity index (χ3v) is 1.25. The van der Waals surface area contributed by atoms with E-state index in [0.717, 1.165) is 0 Å². The monoisotopic (exact) mass is 387 g/mol. The largest absolute Gasteiger partial charge is 1.00 e. The number of rotatable bonds is 5. The average Bonchev–Trinajstić information content (AvgIpc) is 2.01. The van der Waals surface area contributed by atoms with Crippen molar-refractivity contribution in [3.63, 3.8) is 0 Å². The van der Waals surface area contributed by atoms with Crippen LogP contribution in [0.5, 0.6) is 0 Å². The molecule has 0 aromatic rings. The minimum absolute atomic E-state index is 0. The molecule has 0 atom stereocenters. The quantitative estimate of drug-likeness (QED) is 0.462. The number of carboxylic acid groups (broad SMARTS) is 3. The van der Waals surface area contributed by atoms with E-state index in [1.807, 2.05) is 0 Å². The summed E-state index contributed by atoms with van der Waals surface area (Å²) in [6.45, 7) is 0. The van der Waals surface area contributed by atoms with Gasteiger partial charge >= 0.3 is 122 Å². The Morgan fingerprint density at radius 2 is 1.16 bits per heavy atom. The molecule has 0 fully saturated rings. The Kier molecular flexibility index (Phi) is 32.3. The smallest absolute Gasteiger partial charge is 1.00 e. The topological polar surface area (TPSA) is 141 Å². The summed E-state index contributed by atoms with van der Waals surface area (Å²) in [6.07, 6.45) is -2.72. The maximum atomic E-state index is 10.1. The van der Waals surface area contributed by atoms with Gasteiger partial charge < -0.3 is 34.8 Å². The summed E-state index contributed by atoms with van der Waals surface area (Å²) >= 11 is 0.382. The van der Waals surface area contributed by atoms with Crippen LogP contribution in [-0.2, 0) is 27.3 Å². The van der Waals surface area contributed by atoms with E-state index in [4.69, 9.17) is 25.4 Å². The Bertz CT molecular complexity index is 266. The van der Waals surface area contributed by atoms with Crippen LogP contribution in [0.3, 0.4) is 0 Å². The maximum absolute atomic E-state index is 10.1. The molecule has 0 aliphatic rings. The molecular weight excluding hydrogens is 383 g/mol. The van der Waals surface area contributed by atoms with Gasteiger partial charge in [0.15, 0.2) is 0 Å². The molecule has 0 aliphatic heterocycles. The number of hydrogen-bond donors (Lipinski definition) is 1. The second kappa shape index (κ2) is 18.5. The van der Waals surface area contributed by atoms with Crippen LogP contribution in [0, 0.1) is 0 Å². The van der Waals surface area contributed by atoms with Gasteiger partial charge in [-0.2, -0.15) is 0 Å². The summed E-state index contributed by atoms with van der Waals surface area (Å²) in [6, 6.07) is 0. The zero-order chi connectivity index (χ0) is 13.4. The fourth-order valence-corrected chi connectivity index (χ4v) is 0.684. The summed E-state index contributed by atoms with van der Waals surface area (Å²) in [5, 5.41) is 38.9. The Morgan fingerprint density at radius 3 is 1.26 bits per heavy atom. The van der Waals surface area contributed by atoms with E-state index in [0.29, 0.717) is 12.9 Å². The normalized spacial score (nSPS) is 8.58. The molecule has 97 valence electrons. The van der Waals surface area contributed by atoms with E-state index in [-0.39, 0.29) is 88.7 Å². The number of carboxylic acids is 3. The first-order valence-corrected chi connectivity index (χ1v) is 6.23. The van der Waals surface area contributed by atoms with E-state index in [9.17, 15) is 29.7 Å². The van der Waals surface area contributed by atoms with E-state index < -0.39 is 36.4 Å². The van der Waals surface area contributed by atoms with Gasteiger partial charge in [-0.1, -0.05) is 0 Å². The van der Waals surface area contributed by atoms with Crippen molar-refractivity contribution in [3.8, 4) is 0 Å².